The smallest absolute Gasteiger partial charge is 0.272 e. The Morgan fingerprint density at radius 2 is 1.74 bits per heavy atom. The van der Waals surface area contributed by atoms with Gasteiger partial charge in [-0.15, -0.1) is 0 Å². The second-order valence-corrected chi connectivity index (χ2v) is 10.0. The fraction of sp³-hybridized carbons (Fsp3) is 0.500. The summed E-state index contributed by atoms with van der Waals surface area (Å²) in [4.78, 5) is 25.7. The van der Waals surface area contributed by atoms with Crippen LogP contribution >= 0.6 is 11.6 Å². The first kappa shape index (κ1) is 24.3. The third-order valence-corrected chi connectivity index (χ3v) is 7.49. The topological polar surface area (TPSA) is 87.5 Å². The number of amides is 1. The highest BCUT2D eigenvalue weighted by Crippen LogP contribution is 2.29. The van der Waals surface area contributed by atoms with Crippen LogP contribution in [-0.4, -0.2) is 36.5 Å². The summed E-state index contributed by atoms with van der Waals surface area (Å²) >= 11 is 5.98. The Kier molecular flexibility index (Phi) is 7.93. The van der Waals surface area contributed by atoms with E-state index in [1.165, 1.54) is 0 Å². The maximum Gasteiger partial charge on any atom is 0.272 e. The van der Waals surface area contributed by atoms with Crippen molar-refractivity contribution >= 4 is 34.6 Å². The second kappa shape index (κ2) is 11.1. The van der Waals surface area contributed by atoms with Gasteiger partial charge >= 0.3 is 0 Å². The lowest BCUT2D eigenvalue weighted by Gasteiger charge is -2.34. The minimum absolute atomic E-state index is 0.0898. The van der Waals surface area contributed by atoms with Crippen LogP contribution in [0.3, 0.4) is 0 Å². The van der Waals surface area contributed by atoms with Crippen molar-refractivity contribution in [3.63, 3.8) is 0 Å². The molecule has 7 nitrogen and oxygen atoms in total. The zero-order valence-electron chi connectivity index (χ0n) is 19.6. The molecule has 0 radical (unpaired) electrons. The Bertz CT molecular complexity index is 998. The van der Waals surface area contributed by atoms with E-state index >= 15 is 0 Å². The third kappa shape index (κ3) is 6.20. The molecule has 2 N–H and O–H groups in total. The zero-order valence-corrected chi connectivity index (χ0v) is 20.4. The number of nitrogens with zero attached hydrogens (tertiary/aromatic N) is 2. The van der Waals surface area contributed by atoms with Crippen molar-refractivity contribution in [3.8, 4) is 0 Å². The van der Waals surface area contributed by atoms with Crippen LogP contribution in [0.25, 0.3) is 0 Å². The van der Waals surface area contributed by atoms with Gasteiger partial charge in [0.25, 0.3) is 5.69 Å². The van der Waals surface area contributed by atoms with Crippen molar-refractivity contribution in [1.29, 1.82) is 0 Å². The molecule has 182 valence electrons. The van der Waals surface area contributed by atoms with Crippen molar-refractivity contribution in [3.05, 3.63) is 63.2 Å². The van der Waals surface area contributed by atoms with Crippen molar-refractivity contribution in [2.75, 3.05) is 29.9 Å². The molecule has 1 aliphatic carbocycles. The maximum atomic E-state index is 12.7. The van der Waals surface area contributed by atoms with E-state index in [1.807, 2.05) is 30.3 Å². The summed E-state index contributed by atoms with van der Waals surface area (Å²) < 4.78 is 0. The van der Waals surface area contributed by atoms with Gasteiger partial charge in [-0.3, -0.25) is 14.9 Å². The highest BCUT2D eigenvalue weighted by molar-refractivity contribution is 6.30. The molecule has 1 saturated heterocycles. The number of anilines is 2. The highest BCUT2D eigenvalue weighted by Gasteiger charge is 2.27. The Hall–Kier alpha value is -2.80. The number of piperidine rings is 1. The van der Waals surface area contributed by atoms with Gasteiger partial charge in [-0.2, -0.15) is 0 Å². The monoisotopic (exact) mass is 484 g/mol. The number of nitrogens with one attached hydrogen (secondary N) is 2. The molecule has 0 spiro atoms. The molecule has 2 aromatic carbocycles. The van der Waals surface area contributed by atoms with Gasteiger partial charge in [0, 0.05) is 59.6 Å². The molecule has 1 heterocycles. The van der Waals surface area contributed by atoms with Crippen LogP contribution in [0, 0.1) is 28.9 Å². The molecule has 1 saturated carbocycles. The maximum absolute atomic E-state index is 12.7. The lowest BCUT2D eigenvalue weighted by molar-refractivity contribution is -0.385. The third-order valence-electron chi connectivity index (χ3n) is 7.23. The van der Waals surface area contributed by atoms with Crippen LogP contribution in [-0.2, 0) is 4.79 Å². The number of halogens is 1. The quantitative estimate of drug-likeness (QED) is 0.396. The summed E-state index contributed by atoms with van der Waals surface area (Å²) in [5, 5.41) is 18.5. The first-order chi connectivity index (χ1) is 16.4. The fourth-order valence-electron chi connectivity index (χ4n) is 5.14. The zero-order chi connectivity index (χ0) is 24.1. The number of carbonyl (C=O) groups is 1. The van der Waals surface area contributed by atoms with E-state index in [9.17, 15) is 14.9 Å². The van der Waals surface area contributed by atoms with Crippen LogP contribution in [0.1, 0.15) is 44.1 Å². The van der Waals surface area contributed by atoms with Gasteiger partial charge in [0.05, 0.1) is 4.92 Å². The van der Waals surface area contributed by atoms with E-state index in [4.69, 9.17) is 11.6 Å². The number of carbonyl (C=O) groups excluding carboxylic acids is 1. The largest absolute Gasteiger partial charge is 0.382 e. The van der Waals surface area contributed by atoms with Crippen LogP contribution in [0.4, 0.5) is 17.1 Å². The molecule has 1 aliphatic heterocycles. The van der Waals surface area contributed by atoms with E-state index in [2.05, 4.69) is 15.5 Å². The summed E-state index contributed by atoms with van der Waals surface area (Å²) in [7, 11) is 0. The molecular formula is C26H33ClN4O3. The number of benzene rings is 2. The van der Waals surface area contributed by atoms with Crippen molar-refractivity contribution in [2.45, 2.75) is 51.5 Å². The van der Waals surface area contributed by atoms with Gasteiger partial charge in [0.15, 0.2) is 0 Å². The van der Waals surface area contributed by atoms with Gasteiger partial charge in [-0.25, -0.2) is 0 Å². The SMILES string of the molecule is Cc1cc(NC2CCC(CNC(=O)C3CCN(c4ccc(Cl)cc4)CC3)CC2)ccc1[N+](=O)[O-]. The number of nitro groups is 1. The standard InChI is InChI=1S/C26H33ClN4O3/c1-18-16-23(8-11-25(18)31(33)34)29-22-6-2-19(3-7-22)17-28-26(32)20-12-14-30(15-13-20)24-9-4-21(27)5-10-24/h4-5,8-11,16,19-20,22,29H,2-3,6-7,12-15,17H2,1H3,(H,28,32). The van der Waals surface area contributed by atoms with Gasteiger partial charge in [-0.1, -0.05) is 11.6 Å². The van der Waals surface area contributed by atoms with Gasteiger partial charge in [-0.05, 0) is 87.8 Å². The van der Waals surface area contributed by atoms with Gasteiger partial charge in [0.1, 0.15) is 0 Å². The normalized spacial score (nSPS) is 21.2. The van der Waals surface area contributed by atoms with Crippen molar-refractivity contribution in [1.82, 2.24) is 5.32 Å². The molecule has 34 heavy (non-hydrogen) atoms. The van der Waals surface area contributed by atoms with Crippen LogP contribution in [0.2, 0.25) is 5.02 Å². The Balaban J connectivity index is 1.16. The van der Waals surface area contributed by atoms with Crippen molar-refractivity contribution < 1.29 is 9.72 Å². The first-order valence-electron chi connectivity index (χ1n) is 12.2. The Labute approximate surface area is 206 Å². The second-order valence-electron chi connectivity index (χ2n) is 9.60. The molecule has 8 heteroatoms. The van der Waals surface area contributed by atoms with Crippen LogP contribution in [0.15, 0.2) is 42.5 Å². The number of rotatable bonds is 7. The Morgan fingerprint density at radius 3 is 2.35 bits per heavy atom. The molecule has 0 unspecified atom stereocenters. The number of hydrogen-bond donors (Lipinski definition) is 2. The van der Waals surface area contributed by atoms with E-state index in [1.54, 1.807) is 19.1 Å². The highest BCUT2D eigenvalue weighted by atomic mass is 35.5. The lowest BCUT2D eigenvalue weighted by Crippen LogP contribution is -2.42. The number of nitro benzene ring substituents is 1. The van der Waals surface area contributed by atoms with E-state index < -0.39 is 0 Å². The predicted molar refractivity (Wildman–Crippen MR) is 137 cm³/mol. The first-order valence-corrected chi connectivity index (χ1v) is 12.6. The number of aryl methyl sites for hydroxylation is 1. The summed E-state index contributed by atoms with van der Waals surface area (Å²) in [6, 6.07) is 13.5. The van der Waals surface area contributed by atoms with E-state index in [0.29, 0.717) is 17.5 Å². The lowest BCUT2D eigenvalue weighted by atomic mass is 9.85. The average molecular weight is 485 g/mol. The average Bonchev–Trinajstić information content (AvgIpc) is 2.84. The molecule has 2 aliphatic rings. The van der Waals surface area contributed by atoms with Crippen molar-refractivity contribution in [2.24, 2.45) is 11.8 Å². The summed E-state index contributed by atoms with van der Waals surface area (Å²) in [5.41, 5.74) is 2.92. The van der Waals surface area contributed by atoms with E-state index in [-0.39, 0.29) is 22.4 Å². The molecular weight excluding hydrogens is 452 g/mol. The molecule has 1 amide bonds. The molecule has 2 fully saturated rings. The van der Waals surface area contributed by atoms with E-state index in [0.717, 1.165) is 74.6 Å². The van der Waals surface area contributed by atoms with Crippen LogP contribution in [0.5, 0.6) is 0 Å². The molecule has 0 aromatic heterocycles. The molecule has 0 bridgehead atoms. The Morgan fingerprint density at radius 1 is 1.06 bits per heavy atom. The number of hydrogen-bond acceptors (Lipinski definition) is 5. The summed E-state index contributed by atoms with van der Waals surface area (Å²) in [6.45, 7) is 4.29. The minimum atomic E-state index is -0.346. The predicted octanol–water partition coefficient (Wildman–Crippen LogP) is 5.56. The summed E-state index contributed by atoms with van der Waals surface area (Å²) in [5.74, 6) is 0.791. The van der Waals surface area contributed by atoms with Gasteiger partial charge in [0.2, 0.25) is 5.91 Å². The van der Waals surface area contributed by atoms with Gasteiger partial charge < -0.3 is 15.5 Å². The molecule has 2 aromatic rings. The van der Waals surface area contributed by atoms with Crippen LogP contribution < -0.4 is 15.5 Å². The fourth-order valence-corrected chi connectivity index (χ4v) is 5.26. The minimum Gasteiger partial charge on any atom is -0.382 e. The summed E-state index contributed by atoms with van der Waals surface area (Å²) in [6.07, 6.45) is 5.96. The molecule has 0 atom stereocenters. The molecule has 4 rings (SSSR count).